The number of halogens is 2. The van der Waals surface area contributed by atoms with Gasteiger partial charge in [0.1, 0.15) is 0 Å². The second-order valence-corrected chi connectivity index (χ2v) is 5.70. The van der Waals surface area contributed by atoms with E-state index in [4.69, 9.17) is 32.7 Å². The molecule has 0 aliphatic carbocycles. The Morgan fingerprint density at radius 1 is 1.45 bits per heavy atom. The molecule has 6 heteroatoms. The summed E-state index contributed by atoms with van der Waals surface area (Å²) in [6, 6.07) is 5.33. The number of rotatable bonds is 3. The molecule has 1 aliphatic rings. The summed E-state index contributed by atoms with van der Waals surface area (Å²) in [4.78, 5) is 4.04. The predicted octanol–water partition coefficient (Wildman–Crippen LogP) is 3.48. The molecule has 106 valence electrons. The standard InChI is InChI=1S/C14H14Cl2N2O2/c1-10-7-19-14(20-10,8-18-5-4-17-9-18)12-3-2-11(15)6-13(12)16/h2-6,9-10H,7-8H2,1H3. The van der Waals surface area contributed by atoms with E-state index in [9.17, 15) is 0 Å². The molecule has 2 unspecified atom stereocenters. The fourth-order valence-electron chi connectivity index (χ4n) is 2.37. The van der Waals surface area contributed by atoms with Crippen molar-refractivity contribution in [3.05, 3.63) is 52.5 Å². The molecule has 4 nitrogen and oxygen atoms in total. The molecule has 20 heavy (non-hydrogen) atoms. The van der Waals surface area contributed by atoms with Crippen molar-refractivity contribution in [3.8, 4) is 0 Å². The molecule has 2 atom stereocenters. The first-order chi connectivity index (χ1) is 9.59. The Bertz CT molecular complexity index is 603. The molecule has 0 saturated carbocycles. The molecule has 0 radical (unpaired) electrons. The first-order valence-electron chi connectivity index (χ1n) is 6.32. The Balaban J connectivity index is 2.01. The van der Waals surface area contributed by atoms with E-state index in [0.29, 0.717) is 23.2 Å². The van der Waals surface area contributed by atoms with Crippen LogP contribution < -0.4 is 0 Å². The van der Waals surface area contributed by atoms with Gasteiger partial charge in [0.05, 0.1) is 30.6 Å². The Hall–Kier alpha value is -1.07. The maximum Gasteiger partial charge on any atom is 0.215 e. The van der Waals surface area contributed by atoms with E-state index < -0.39 is 5.79 Å². The first-order valence-corrected chi connectivity index (χ1v) is 7.08. The Kier molecular flexibility index (Phi) is 3.73. The van der Waals surface area contributed by atoms with Crippen LogP contribution in [0.3, 0.4) is 0 Å². The smallest absolute Gasteiger partial charge is 0.215 e. The number of nitrogens with zero attached hydrogens (tertiary/aromatic N) is 2. The fraction of sp³-hybridized carbons (Fsp3) is 0.357. The van der Waals surface area contributed by atoms with Gasteiger partial charge in [0.25, 0.3) is 0 Å². The molecule has 1 saturated heterocycles. The van der Waals surface area contributed by atoms with Gasteiger partial charge in [0.2, 0.25) is 5.79 Å². The third-order valence-electron chi connectivity index (χ3n) is 3.23. The average Bonchev–Trinajstić information content (AvgIpc) is 3.00. The minimum absolute atomic E-state index is 0.00488. The molecule has 0 amide bonds. The van der Waals surface area contributed by atoms with Crippen LogP contribution in [0, 0.1) is 0 Å². The molecule has 0 spiro atoms. The van der Waals surface area contributed by atoms with Gasteiger partial charge < -0.3 is 14.0 Å². The molecular weight excluding hydrogens is 299 g/mol. The van der Waals surface area contributed by atoms with Crippen molar-refractivity contribution >= 4 is 23.2 Å². The Labute approximate surface area is 127 Å². The normalized spacial score (nSPS) is 26.1. The average molecular weight is 313 g/mol. The highest BCUT2D eigenvalue weighted by Gasteiger charge is 2.43. The van der Waals surface area contributed by atoms with E-state index in [0.717, 1.165) is 5.56 Å². The van der Waals surface area contributed by atoms with Gasteiger partial charge in [0.15, 0.2) is 0 Å². The van der Waals surface area contributed by atoms with Gasteiger partial charge >= 0.3 is 0 Å². The minimum atomic E-state index is -0.901. The molecule has 1 aliphatic heterocycles. The number of aromatic nitrogens is 2. The van der Waals surface area contributed by atoms with Gasteiger partial charge in [-0.15, -0.1) is 0 Å². The van der Waals surface area contributed by atoms with Crippen molar-refractivity contribution < 1.29 is 9.47 Å². The molecule has 1 aromatic carbocycles. The first kappa shape index (κ1) is 13.9. The van der Waals surface area contributed by atoms with E-state index >= 15 is 0 Å². The molecule has 1 aromatic heterocycles. The largest absolute Gasteiger partial charge is 0.342 e. The van der Waals surface area contributed by atoms with Crippen molar-refractivity contribution in [2.45, 2.75) is 25.4 Å². The van der Waals surface area contributed by atoms with Crippen LogP contribution in [0.4, 0.5) is 0 Å². The number of imidazole rings is 1. The highest BCUT2D eigenvalue weighted by Crippen LogP contribution is 2.40. The van der Waals surface area contributed by atoms with Crippen molar-refractivity contribution in [2.24, 2.45) is 0 Å². The summed E-state index contributed by atoms with van der Waals surface area (Å²) in [5.41, 5.74) is 0.779. The van der Waals surface area contributed by atoms with Crippen molar-refractivity contribution in [2.75, 3.05) is 6.61 Å². The minimum Gasteiger partial charge on any atom is -0.342 e. The third kappa shape index (κ3) is 2.56. The summed E-state index contributed by atoms with van der Waals surface area (Å²) in [7, 11) is 0. The van der Waals surface area contributed by atoms with Crippen LogP contribution in [0.15, 0.2) is 36.9 Å². The summed E-state index contributed by atoms with van der Waals surface area (Å²) in [5.74, 6) is -0.901. The van der Waals surface area contributed by atoms with E-state index in [1.807, 2.05) is 23.8 Å². The van der Waals surface area contributed by atoms with Crippen LogP contribution in [0.25, 0.3) is 0 Å². The summed E-state index contributed by atoms with van der Waals surface area (Å²) < 4.78 is 13.9. The lowest BCUT2D eigenvalue weighted by atomic mass is 10.1. The lowest BCUT2D eigenvalue weighted by Gasteiger charge is -2.29. The van der Waals surface area contributed by atoms with Gasteiger partial charge in [0, 0.05) is 23.0 Å². The van der Waals surface area contributed by atoms with E-state index in [1.165, 1.54) is 0 Å². The van der Waals surface area contributed by atoms with Gasteiger partial charge in [-0.05, 0) is 19.1 Å². The van der Waals surface area contributed by atoms with E-state index in [-0.39, 0.29) is 6.10 Å². The zero-order valence-electron chi connectivity index (χ0n) is 10.9. The molecule has 2 heterocycles. The van der Waals surface area contributed by atoms with Crippen LogP contribution in [0.1, 0.15) is 12.5 Å². The zero-order valence-corrected chi connectivity index (χ0v) is 12.4. The predicted molar refractivity (Wildman–Crippen MR) is 76.9 cm³/mol. The number of hydrogen-bond donors (Lipinski definition) is 0. The van der Waals surface area contributed by atoms with Crippen LogP contribution in [-0.4, -0.2) is 22.3 Å². The van der Waals surface area contributed by atoms with E-state index in [2.05, 4.69) is 4.98 Å². The third-order valence-corrected chi connectivity index (χ3v) is 3.78. The lowest BCUT2D eigenvalue weighted by Crippen LogP contribution is -2.33. The summed E-state index contributed by atoms with van der Waals surface area (Å²) in [6.07, 6.45) is 5.31. The van der Waals surface area contributed by atoms with Crippen molar-refractivity contribution in [1.82, 2.24) is 9.55 Å². The summed E-state index contributed by atoms with van der Waals surface area (Å²) in [6.45, 7) is 2.98. The zero-order chi connectivity index (χ0) is 14.2. The number of benzene rings is 1. The second kappa shape index (κ2) is 5.37. The molecular formula is C14H14Cl2N2O2. The van der Waals surface area contributed by atoms with Gasteiger partial charge in [-0.1, -0.05) is 29.3 Å². The quantitative estimate of drug-likeness (QED) is 0.870. The van der Waals surface area contributed by atoms with Gasteiger partial charge in [-0.3, -0.25) is 0 Å². The summed E-state index contributed by atoms with van der Waals surface area (Å²) >= 11 is 12.3. The molecule has 3 rings (SSSR count). The molecule has 0 bridgehead atoms. The van der Waals surface area contributed by atoms with Gasteiger partial charge in [-0.2, -0.15) is 0 Å². The van der Waals surface area contributed by atoms with Crippen molar-refractivity contribution in [3.63, 3.8) is 0 Å². The van der Waals surface area contributed by atoms with Crippen LogP contribution in [-0.2, 0) is 21.8 Å². The Morgan fingerprint density at radius 3 is 2.90 bits per heavy atom. The molecule has 1 fully saturated rings. The Morgan fingerprint density at radius 2 is 2.30 bits per heavy atom. The molecule has 2 aromatic rings. The summed E-state index contributed by atoms with van der Waals surface area (Å²) in [5, 5.41) is 1.12. The number of ether oxygens (including phenoxy) is 2. The maximum absolute atomic E-state index is 6.32. The SMILES string of the molecule is CC1COC(Cn2ccnc2)(c2ccc(Cl)cc2Cl)O1. The highest BCUT2D eigenvalue weighted by molar-refractivity contribution is 6.35. The number of hydrogen-bond acceptors (Lipinski definition) is 3. The van der Waals surface area contributed by atoms with Crippen LogP contribution >= 0.6 is 23.2 Å². The van der Waals surface area contributed by atoms with Crippen LogP contribution in [0.2, 0.25) is 10.0 Å². The topological polar surface area (TPSA) is 36.3 Å². The highest BCUT2D eigenvalue weighted by atomic mass is 35.5. The molecule has 0 N–H and O–H groups in total. The lowest BCUT2D eigenvalue weighted by molar-refractivity contribution is -0.185. The fourth-order valence-corrected chi connectivity index (χ4v) is 2.93. The van der Waals surface area contributed by atoms with Crippen LogP contribution in [0.5, 0.6) is 0 Å². The second-order valence-electron chi connectivity index (χ2n) is 4.85. The van der Waals surface area contributed by atoms with E-state index in [1.54, 1.807) is 24.7 Å². The maximum atomic E-state index is 6.32. The van der Waals surface area contributed by atoms with Gasteiger partial charge in [-0.25, -0.2) is 4.98 Å². The van der Waals surface area contributed by atoms with Crippen molar-refractivity contribution in [1.29, 1.82) is 0 Å². The monoisotopic (exact) mass is 312 g/mol.